The topological polar surface area (TPSA) is 93.1 Å². The summed E-state index contributed by atoms with van der Waals surface area (Å²) in [5.41, 5.74) is 0.167. The van der Waals surface area contributed by atoms with Gasteiger partial charge in [0.05, 0.1) is 7.11 Å². The molecule has 0 aliphatic rings. The Labute approximate surface area is 97.4 Å². The summed E-state index contributed by atoms with van der Waals surface area (Å²) in [7, 11) is 1.19. The minimum Gasteiger partial charge on any atom is -0.504 e. The van der Waals surface area contributed by atoms with Crippen molar-refractivity contribution in [3.05, 3.63) is 17.7 Å². The van der Waals surface area contributed by atoms with Crippen LogP contribution in [-0.4, -0.2) is 35.7 Å². The normalized spacial score (nSPS) is 9.76. The standard InChI is InChI=1S/C11H12O6/c1-6(12)7-3-8(13)11(15)9(4-7)17-5-10(14)16-2/h3-4,13,15H,5H2,1-2H3. The molecule has 1 aromatic rings. The number of carbonyl (C=O) groups excluding carboxylic acids is 2. The van der Waals surface area contributed by atoms with Crippen LogP contribution in [0.5, 0.6) is 17.2 Å². The van der Waals surface area contributed by atoms with E-state index in [-0.39, 0.29) is 17.1 Å². The Morgan fingerprint density at radius 3 is 2.47 bits per heavy atom. The number of methoxy groups -OCH3 is 1. The Hall–Kier alpha value is -2.24. The van der Waals surface area contributed by atoms with E-state index in [4.69, 9.17) is 4.74 Å². The van der Waals surface area contributed by atoms with Gasteiger partial charge in [-0.1, -0.05) is 0 Å². The third-order valence-corrected chi connectivity index (χ3v) is 2.03. The monoisotopic (exact) mass is 240 g/mol. The van der Waals surface area contributed by atoms with Crippen LogP contribution in [0.25, 0.3) is 0 Å². The van der Waals surface area contributed by atoms with Crippen molar-refractivity contribution in [2.45, 2.75) is 6.92 Å². The van der Waals surface area contributed by atoms with E-state index in [0.29, 0.717) is 0 Å². The zero-order chi connectivity index (χ0) is 13.0. The van der Waals surface area contributed by atoms with Gasteiger partial charge in [-0.2, -0.15) is 0 Å². The number of hydrogen-bond acceptors (Lipinski definition) is 6. The molecule has 0 saturated carbocycles. The molecule has 1 rings (SSSR count). The number of phenols is 2. The largest absolute Gasteiger partial charge is 0.504 e. The highest BCUT2D eigenvalue weighted by atomic mass is 16.6. The summed E-state index contributed by atoms with van der Waals surface area (Å²) < 4.78 is 9.27. The van der Waals surface area contributed by atoms with Crippen molar-refractivity contribution >= 4 is 11.8 Å². The number of Topliss-reactive ketones (excluding diaryl/α,β-unsaturated/α-hetero) is 1. The Balaban J connectivity index is 2.97. The van der Waals surface area contributed by atoms with Gasteiger partial charge >= 0.3 is 5.97 Å². The number of benzene rings is 1. The second kappa shape index (κ2) is 5.20. The summed E-state index contributed by atoms with van der Waals surface area (Å²) in [6, 6.07) is 2.35. The summed E-state index contributed by atoms with van der Waals surface area (Å²) in [6.45, 7) is 0.876. The quantitative estimate of drug-likeness (QED) is 0.460. The van der Waals surface area contributed by atoms with Gasteiger partial charge < -0.3 is 19.7 Å². The van der Waals surface area contributed by atoms with Crippen molar-refractivity contribution < 1.29 is 29.3 Å². The molecular formula is C11H12O6. The molecule has 0 aromatic heterocycles. The Morgan fingerprint density at radius 1 is 1.29 bits per heavy atom. The minimum atomic E-state index is -0.642. The molecule has 0 unspecified atom stereocenters. The molecule has 2 N–H and O–H groups in total. The second-order valence-corrected chi connectivity index (χ2v) is 3.26. The molecule has 1 aromatic carbocycles. The average molecular weight is 240 g/mol. The van der Waals surface area contributed by atoms with E-state index in [2.05, 4.69) is 4.74 Å². The average Bonchev–Trinajstić information content (AvgIpc) is 2.30. The van der Waals surface area contributed by atoms with Crippen LogP contribution in [0, 0.1) is 0 Å². The van der Waals surface area contributed by atoms with Crippen LogP contribution in [0.15, 0.2) is 12.1 Å². The van der Waals surface area contributed by atoms with Gasteiger partial charge in [0.1, 0.15) is 0 Å². The van der Waals surface area contributed by atoms with Crippen molar-refractivity contribution in [3.8, 4) is 17.2 Å². The Bertz CT molecular complexity index is 452. The van der Waals surface area contributed by atoms with Crippen LogP contribution < -0.4 is 4.74 Å². The number of rotatable bonds is 4. The van der Waals surface area contributed by atoms with Gasteiger partial charge in [0.25, 0.3) is 0 Å². The van der Waals surface area contributed by atoms with Crippen molar-refractivity contribution in [1.29, 1.82) is 0 Å². The minimum absolute atomic E-state index is 0.152. The molecule has 0 spiro atoms. The number of hydrogen-bond donors (Lipinski definition) is 2. The lowest BCUT2D eigenvalue weighted by Gasteiger charge is -2.09. The summed E-state index contributed by atoms with van der Waals surface area (Å²) in [5, 5.41) is 18.8. The van der Waals surface area contributed by atoms with E-state index in [1.165, 1.54) is 20.1 Å². The molecule has 0 fully saturated rings. The first-order chi connectivity index (χ1) is 7.95. The fraction of sp³-hybridized carbons (Fsp3) is 0.273. The van der Waals surface area contributed by atoms with E-state index in [9.17, 15) is 19.8 Å². The third kappa shape index (κ3) is 3.10. The predicted octanol–water partition coefficient (Wildman–Crippen LogP) is 0.852. The highest BCUT2D eigenvalue weighted by Gasteiger charge is 2.14. The predicted molar refractivity (Wildman–Crippen MR) is 57.3 cm³/mol. The maximum Gasteiger partial charge on any atom is 0.343 e. The van der Waals surface area contributed by atoms with Crippen LogP contribution in [0.1, 0.15) is 17.3 Å². The van der Waals surface area contributed by atoms with E-state index in [0.717, 1.165) is 6.07 Å². The van der Waals surface area contributed by atoms with Crippen LogP contribution in [0.3, 0.4) is 0 Å². The van der Waals surface area contributed by atoms with Crippen molar-refractivity contribution in [3.63, 3.8) is 0 Å². The maximum absolute atomic E-state index is 11.1. The van der Waals surface area contributed by atoms with E-state index >= 15 is 0 Å². The first-order valence-corrected chi connectivity index (χ1v) is 4.72. The first-order valence-electron chi connectivity index (χ1n) is 4.72. The lowest BCUT2D eigenvalue weighted by Crippen LogP contribution is -2.12. The van der Waals surface area contributed by atoms with Gasteiger partial charge in [0.15, 0.2) is 23.9 Å². The van der Waals surface area contributed by atoms with Gasteiger partial charge in [-0.3, -0.25) is 4.79 Å². The summed E-state index contributed by atoms with van der Waals surface area (Å²) in [5.74, 6) is -2.11. The number of aromatic hydroxyl groups is 2. The van der Waals surface area contributed by atoms with Crippen LogP contribution >= 0.6 is 0 Å². The van der Waals surface area contributed by atoms with Gasteiger partial charge in [-0.15, -0.1) is 0 Å². The number of phenolic OH excluding ortho intramolecular Hbond substituents is 2. The molecule has 0 bridgehead atoms. The fourth-order valence-corrected chi connectivity index (χ4v) is 1.10. The fourth-order valence-electron chi connectivity index (χ4n) is 1.10. The van der Waals surface area contributed by atoms with Gasteiger partial charge in [-0.05, 0) is 19.1 Å². The number of carbonyl (C=O) groups is 2. The van der Waals surface area contributed by atoms with Gasteiger partial charge in [0, 0.05) is 5.56 Å². The molecule has 0 amide bonds. The molecule has 0 aliphatic carbocycles. The zero-order valence-electron chi connectivity index (χ0n) is 9.39. The molecule has 6 nitrogen and oxygen atoms in total. The van der Waals surface area contributed by atoms with Crippen LogP contribution in [0.4, 0.5) is 0 Å². The zero-order valence-corrected chi connectivity index (χ0v) is 9.39. The third-order valence-electron chi connectivity index (χ3n) is 2.03. The first kappa shape index (κ1) is 12.8. The molecule has 0 radical (unpaired) electrons. The van der Waals surface area contributed by atoms with Crippen molar-refractivity contribution in [1.82, 2.24) is 0 Å². The Kier molecular flexibility index (Phi) is 3.92. The summed E-state index contributed by atoms with van der Waals surface area (Å²) >= 11 is 0. The second-order valence-electron chi connectivity index (χ2n) is 3.26. The lowest BCUT2D eigenvalue weighted by molar-refractivity contribution is -0.142. The van der Waals surface area contributed by atoms with E-state index in [1.807, 2.05) is 0 Å². The molecule has 0 heterocycles. The lowest BCUT2D eigenvalue weighted by atomic mass is 10.1. The molecular weight excluding hydrogens is 228 g/mol. The van der Waals surface area contributed by atoms with Crippen LogP contribution in [0.2, 0.25) is 0 Å². The number of ketones is 1. The maximum atomic E-state index is 11.1. The molecule has 0 aliphatic heterocycles. The van der Waals surface area contributed by atoms with Crippen LogP contribution in [-0.2, 0) is 9.53 Å². The summed E-state index contributed by atoms with van der Waals surface area (Å²) in [4.78, 5) is 22.0. The van der Waals surface area contributed by atoms with Crippen molar-refractivity contribution in [2.24, 2.45) is 0 Å². The van der Waals surface area contributed by atoms with E-state index in [1.54, 1.807) is 0 Å². The highest BCUT2D eigenvalue weighted by molar-refractivity contribution is 5.95. The molecule has 0 atom stereocenters. The highest BCUT2D eigenvalue weighted by Crippen LogP contribution is 2.36. The van der Waals surface area contributed by atoms with Crippen molar-refractivity contribution in [2.75, 3.05) is 13.7 Å². The number of esters is 1. The van der Waals surface area contributed by atoms with E-state index < -0.39 is 24.1 Å². The molecule has 0 saturated heterocycles. The van der Waals surface area contributed by atoms with Gasteiger partial charge in [-0.25, -0.2) is 4.79 Å². The molecule has 17 heavy (non-hydrogen) atoms. The molecule has 6 heteroatoms. The SMILES string of the molecule is COC(=O)COc1cc(C(C)=O)cc(O)c1O. The number of ether oxygens (including phenoxy) is 2. The Morgan fingerprint density at radius 2 is 1.94 bits per heavy atom. The molecule has 92 valence electrons. The smallest absolute Gasteiger partial charge is 0.343 e. The summed E-state index contributed by atoms with van der Waals surface area (Å²) in [6.07, 6.45) is 0. The van der Waals surface area contributed by atoms with Gasteiger partial charge in [0.2, 0.25) is 5.75 Å².